The van der Waals surface area contributed by atoms with E-state index in [-0.39, 0.29) is 12.8 Å². The normalized spacial score (nSPS) is 10.8. The van der Waals surface area contributed by atoms with Gasteiger partial charge in [-0.25, -0.2) is 18.0 Å². The molecule has 0 spiro atoms. The Balaban J connectivity index is 1.59. The van der Waals surface area contributed by atoms with Gasteiger partial charge in [-0.1, -0.05) is 0 Å². The van der Waals surface area contributed by atoms with E-state index in [4.69, 9.17) is 9.15 Å². The van der Waals surface area contributed by atoms with Crippen molar-refractivity contribution in [3.05, 3.63) is 69.3 Å². The monoisotopic (exact) mass is 448 g/mol. The Labute approximate surface area is 180 Å². The maximum atomic E-state index is 13.6. The van der Waals surface area contributed by atoms with E-state index in [1.54, 1.807) is 25.1 Å². The number of ether oxygens (including phenoxy) is 1. The lowest BCUT2D eigenvalue weighted by atomic mass is 10.0. The van der Waals surface area contributed by atoms with E-state index in [2.05, 4.69) is 5.32 Å². The van der Waals surface area contributed by atoms with Gasteiger partial charge in [0.1, 0.15) is 11.3 Å². The number of carbonyl (C=O) groups is 2. The van der Waals surface area contributed by atoms with Crippen LogP contribution < -0.4 is 21.0 Å². The summed E-state index contributed by atoms with van der Waals surface area (Å²) in [5.74, 6) is -5.48. The smallest absolute Gasteiger partial charge is 0.339 e. The summed E-state index contributed by atoms with van der Waals surface area (Å²) in [6.07, 6.45) is -0.0402. The molecule has 0 aliphatic carbocycles. The van der Waals surface area contributed by atoms with Crippen LogP contribution in [0.4, 0.5) is 18.9 Å². The minimum Gasteiger partial charge on any atom is -0.497 e. The van der Waals surface area contributed by atoms with Crippen molar-refractivity contribution in [2.45, 2.75) is 19.8 Å². The Bertz CT molecular complexity index is 1260. The highest BCUT2D eigenvalue weighted by molar-refractivity contribution is 5.94. The second-order valence-corrected chi connectivity index (χ2v) is 6.90. The molecule has 168 valence electrons. The number of fused-ring (bicyclic) bond motifs is 1. The summed E-state index contributed by atoms with van der Waals surface area (Å²) in [6, 6.07) is 6.59. The van der Waals surface area contributed by atoms with Crippen LogP contribution in [-0.4, -0.2) is 25.5 Å². The first-order chi connectivity index (χ1) is 15.2. The molecule has 7 nitrogen and oxygen atoms in total. The summed E-state index contributed by atoms with van der Waals surface area (Å²) in [6.45, 7) is 1.21. The van der Waals surface area contributed by atoms with Gasteiger partial charge >= 0.3 is 5.63 Å². The van der Waals surface area contributed by atoms with Crippen molar-refractivity contribution in [3.63, 3.8) is 0 Å². The summed E-state index contributed by atoms with van der Waals surface area (Å²) >= 11 is 0. The van der Waals surface area contributed by atoms with Gasteiger partial charge in [-0.15, -0.1) is 0 Å². The van der Waals surface area contributed by atoms with Crippen LogP contribution in [-0.2, 0) is 16.0 Å². The van der Waals surface area contributed by atoms with Crippen molar-refractivity contribution < 1.29 is 31.9 Å². The van der Waals surface area contributed by atoms with Crippen molar-refractivity contribution in [1.82, 2.24) is 5.32 Å². The molecule has 0 radical (unpaired) electrons. The Morgan fingerprint density at radius 3 is 2.53 bits per heavy atom. The first-order valence-corrected chi connectivity index (χ1v) is 9.51. The fourth-order valence-corrected chi connectivity index (χ4v) is 3.11. The molecular formula is C22H19F3N2O5. The quantitative estimate of drug-likeness (QED) is 0.427. The zero-order valence-corrected chi connectivity index (χ0v) is 17.2. The van der Waals surface area contributed by atoms with Gasteiger partial charge in [0, 0.05) is 23.4 Å². The summed E-state index contributed by atoms with van der Waals surface area (Å²) < 4.78 is 50.2. The molecule has 1 heterocycles. The molecule has 1 aromatic heterocycles. The van der Waals surface area contributed by atoms with Gasteiger partial charge in [-0.2, -0.15) is 0 Å². The molecular weight excluding hydrogens is 429 g/mol. The van der Waals surface area contributed by atoms with E-state index in [9.17, 15) is 27.6 Å². The number of nitrogens with one attached hydrogen (secondary N) is 2. The molecule has 3 aromatic rings. The summed E-state index contributed by atoms with van der Waals surface area (Å²) in [5.41, 5.74) is 0.220. The Morgan fingerprint density at radius 2 is 1.81 bits per heavy atom. The number of amides is 2. The zero-order chi connectivity index (χ0) is 23.4. The predicted molar refractivity (Wildman–Crippen MR) is 110 cm³/mol. The fourth-order valence-electron chi connectivity index (χ4n) is 3.11. The number of methoxy groups -OCH3 is 1. The van der Waals surface area contributed by atoms with Gasteiger partial charge in [0.15, 0.2) is 17.5 Å². The number of aryl methyl sites for hydroxylation is 1. The molecule has 2 aromatic carbocycles. The molecule has 32 heavy (non-hydrogen) atoms. The molecule has 0 atom stereocenters. The highest BCUT2D eigenvalue weighted by Crippen LogP contribution is 2.24. The Kier molecular flexibility index (Phi) is 6.82. The van der Waals surface area contributed by atoms with Gasteiger partial charge in [0.25, 0.3) is 0 Å². The third kappa shape index (κ3) is 4.90. The SMILES string of the molecule is COc1ccc2c(C)c(CCC(=O)NCC(=O)Nc3ccc(F)c(F)c3F)c(=O)oc2c1. The molecule has 2 amide bonds. The largest absolute Gasteiger partial charge is 0.497 e. The number of carbonyl (C=O) groups excluding carboxylic acids is 2. The molecule has 2 N–H and O–H groups in total. The number of anilines is 1. The molecule has 0 unspecified atom stereocenters. The number of benzene rings is 2. The third-order valence-corrected chi connectivity index (χ3v) is 4.85. The second kappa shape index (κ2) is 9.54. The van der Waals surface area contributed by atoms with Gasteiger partial charge < -0.3 is 19.8 Å². The van der Waals surface area contributed by atoms with Crippen molar-refractivity contribution in [3.8, 4) is 5.75 Å². The summed E-state index contributed by atoms with van der Waals surface area (Å²) in [4.78, 5) is 36.3. The molecule has 10 heteroatoms. The highest BCUT2D eigenvalue weighted by atomic mass is 19.2. The van der Waals surface area contributed by atoms with Gasteiger partial charge in [-0.3, -0.25) is 9.59 Å². The van der Waals surface area contributed by atoms with Crippen LogP contribution in [0.5, 0.6) is 5.75 Å². The Hall–Kier alpha value is -3.82. The number of rotatable bonds is 7. The third-order valence-electron chi connectivity index (χ3n) is 4.85. The summed E-state index contributed by atoms with van der Waals surface area (Å²) in [7, 11) is 1.49. The average Bonchev–Trinajstić information content (AvgIpc) is 2.77. The molecule has 3 rings (SSSR count). The standard InChI is InChI=1S/C22H19F3N2O5/c1-11-13-4-3-12(31-2)9-17(13)32-22(30)14(11)5-8-18(28)26-10-19(29)27-16-7-6-15(23)20(24)21(16)25/h3-4,6-7,9H,5,8,10H2,1-2H3,(H,26,28)(H,27,29). The van der Waals surface area contributed by atoms with Crippen LogP contribution >= 0.6 is 0 Å². The number of hydrogen-bond acceptors (Lipinski definition) is 5. The lowest BCUT2D eigenvalue weighted by Gasteiger charge is -2.10. The van der Waals surface area contributed by atoms with Crippen LogP contribution in [0.15, 0.2) is 39.5 Å². The van der Waals surface area contributed by atoms with Gasteiger partial charge in [0.05, 0.1) is 19.3 Å². The zero-order valence-electron chi connectivity index (χ0n) is 17.2. The minimum absolute atomic E-state index is 0.0708. The lowest BCUT2D eigenvalue weighted by molar-refractivity contribution is -0.124. The molecule has 0 aliphatic rings. The molecule has 0 aliphatic heterocycles. The maximum absolute atomic E-state index is 13.6. The predicted octanol–water partition coefficient (Wildman–Crippen LogP) is 3.21. The van der Waals surface area contributed by atoms with E-state index in [1.807, 2.05) is 5.32 Å². The summed E-state index contributed by atoms with van der Waals surface area (Å²) in [5, 5.41) is 5.07. The molecule has 0 bridgehead atoms. The van der Waals surface area contributed by atoms with E-state index in [0.717, 1.165) is 6.07 Å². The van der Waals surface area contributed by atoms with E-state index >= 15 is 0 Å². The van der Waals surface area contributed by atoms with Crippen LogP contribution in [0.2, 0.25) is 0 Å². The van der Waals surface area contributed by atoms with Crippen molar-refractivity contribution in [2.24, 2.45) is 0 Å². The first-order valence-electron chi connectivity index (χ1n) is 9.51. The lowest BCUT2D eigenvalue weighted by Crippen LogP contribution is -2.33. The maximum Gasteiger partial charge on any atom is 0.339 e. The topological polar surface area (TPSA) is 97.6 Å². The van der Waals surface area contributed by atoms with Crippen LogP contribution in [0.3, 0.4) is 0 Å². The first kappa shape index (κ1) is 22.9. The van der Waals surface area contributed by atoms with Crippen LogP contribution in [0, 0.1) is 24.4 Å². The molecule has 0 fully saturated rings. The highest BCUT2D eigenvalue weighted by Gasteiger charge is 2.17. The van der Waals surface area contributed by atoms with Crippen molar-refractivity contribution >= 4 is 28.5 Å². The van der Waals surface area contributed by atoms with Crippen molar-refractivity contribution in [1.29, 1.82) is 0 Å². The van der Waals surface area contributed by atoms with Gasteiger partial charge in [-0.05, 0) is 43.2 Å². The number of hydrogen-bond donors (Lipinski definition) is 2. The Morgan fingerprint density at radius 1 is 1.06 bits per heavy atom. The van der Waals surface area contributed by atoms with E-state index < -0.39 is 47.1 Å². The van der Waals surface area contributed by atoms with Crippen LogP contribution in [0.1, 0.15) is 17.5 Å². The number of halogens is 3. The van der Waals surface area contributed by atoms with Gasteiger partial charge in [0.2, 0.25) is 11.8 Å². The fraction of sp³-hybridized carbons (Fsp3) is 0.227. The molecule has 0 saturated carbocycles. The van der Waals surface area contributed by atoms with Crippen LogP contribution in [0.25, 0.3) is 11.0 Å². The second-order valence-electron chi connectivity index (χ2n) is 6.90. The van der Waals surface area contributed by atoms with E-state index in [0.29, 0.717) is 33.9 Å². The van der Waals surface area contributed by atoms with Crippen molar-refractivity contribution in [2.75, 3.05) is 19.0 Å². The minimum atomic E-state index is -1.71. The van der Waals surface area contributed by atoms with E-state index in [1.165, 1.54) is 7.11 Å². The average molecular weight is 448 g/mol. The molecule has 0 saturated heterocycles.